The summed E-state index contributed by atoms with van der Waals surface area (Å²) < 4.78 is 1.81. The van der Waals surface area contributed by atoms with Gasteiger partial charge in [0, 0.05) is 24.3 Å². The maximum Gasteiger partial charge on any atom is 0.258 e. The van der Waals surface area contributed by atoms with Crippen LogP contribution in [0.2, 0.25) is 0 Å². The minimum atomic E-state index is -0.633. The Bertz CT molecular complexity index is 911. The van der Waals surface area contributed by atoms with Crippen molar-refractivity contribution >= 4 is 11.8 Å². The number of carbonyl (C=O) groups excluding carboxylic acids is 2. The Morgan fingerprint density at radius 3 is 2.21 bits per heavy atom. The number of nitrogens with one attached hydrogen (secondary N) is 1. The molecule has 0 bridgehead atoms. The highest BCUT2D eigenvalue weighted by Crippen LogP contribution is 2.33. The smallest absolute Gasteiger partial charge is 0.258 e. The Morgan fingerprint density at radius 2 is 1.61 bits per heavy atom. The highest BCUT2D eigenvalue weighted by atomic mass is 16.2. The molecule has 6 heteroatoms. The van der Waals surface area contributed by atoms with Crippen molar-refractivity contribution in [1.82, 2.24) is 20.0 Å². The molecule has 1 atom stereocenters. The molecule has 2 aliphatic carbocycles. The Labute approximate surface area is 197 Å². The second-order valence-electron chi connectivity index (χ2n) is 9.96. The van der Waals surface area contributed by atoms with Crippen molar-refractivity contribution in [3.63, 3.8) is 0 Å². The maximum absolute atomic E-state index is 14.0. The first-order chi connectivity index (χ1) is 16.0. The van der Waals surface area contributed by atoms with Gasteiger partial charge >= 0.3 is 0 Å². The Kier molecular flexibility index (Phi) is 7.84. The number of aromatic nitrogens is 2. The summed E-state index contributed by atoms with van der Waals surface area (Å²) in [5.41, 5.74) is 1.43. The van der Waals surface area contributed by atoms with E-state index in [1.54, 1.807) is 6.20 Å². The number of benzene rings is 1. The molecule has 0 radical (unpaired) electrons. The lowest BCUT2D eigenvalue weighted by atomic mass is 9.90. The molecule has 33 heavy (non-hydrogen) atoms. The van der Waals surface area contributed by atoms with E-state index in [4.69, 9.17) is 0 Å². The SMILES string of the molecule is CC(C)n1cc(C(=O)N(C2CCCCC2)[C@H](C(=O)NC2CCCCC2)c2ccccc2)cn1. The predicted octanol–water partition coefficient (Wildman–Crippen LogP) is 5.43. The highest BCUT2D eigenvalue weighted by Gasteiger charge is 2.38. The Balaban J connectivity index is 1.70. The van der Waals surface area contributed by atoms with Gasteiger partial charge in [0.25, 0.3) is 5.91 Å². The lowest BCUT2D eigenvalue weighted by Gasteiger charge is -2.40. The van der Waals surface area contributed by atoms with Crippen LogP contribution in [0.4, 0.5) is 0 Å². The number of nitrogens with zero attached hydrogens (tertiary/aromatic N) is 3. The fraction of sp³-hybridized carbons (Fsp3) is 0.593. The fourth-order valence-corrected chi connectivity index (χ4v) is 5.33. The molecule has 0 unspecified atom stereocenters. The van der Waals surface area contributed by atoms with Crippen LogP contribution in [0.15, 0.2) is 42.7 Å². The number of hydrogen-bond donors (Lipinski definition) is 1. The van der Waals surface area contributed by atoms with Gasteiger partial charge in [-0.3, -0.25) is 14.3 Å². The first-order valence-electron chi connectivity index (χ1n) is 12.8. The van der Waals surface area contributed by atoms with Gasteiger partial charge in [-0.2, -0.15) is 5.10 Å². The van der Waals surface area contributed by atoms with Gasteiger partial charge in [0.15, 0.2) is 0 Å². The van der Waals surface area contributed by atoms with Gasteiger partial charge in [-0.1, -0.05) is 68.9 Å². The van der Waals surface area contributed by atoms with E-state index in [9.17, 15) is 9.59 Å². The highest BCUT2D eigenvalue weighted by molar-refractivity contribution is 5.98. The van der Waals surface area contributed by atoms with Gasteiger partial charge in [-0.05, 0) is 45.1 Å². The molecule has 1 aromatic heterocycles. The van der Waals surface area contributed by atoms with Gasteiger partial charge in [-0.25, -0.2) is 0 Å². The van der Waals surface area contributed by atoms with Crippen molar-refractivity contribution in [2.75, 3.05) is 0 Å². The summed E-state index contributed by atoms with van der Waals surface area (Å²) in [5.74, 6) is -0.148. The molecule has 2 aromatic rings. The molecular weight excluding hydrogens is 412 g/mol. The molecule has 1 N–H and O–H groups in total. The minimum absolute atomic E-state index is 0.0518. The monoisotopic (exact) mass is 450 g/mol. The van der Waals surface area contributed by atoms with Crippen LogP contribution in [0.25, 0.3) is 0 Å². The zero-order chi connectivity index (χ0) is 23.2. The summed E-state index contributed by atoms with van der Waals surface area (Å²) in [6, 6.07) is 9.62. The van der Waals surface area contributed by atoms with Gasteiger partial charge < -0.3 is 10.2 Å². The molecule has 0 spiro atoms. The lowest BCUT2D eigenvalue weighted by Crippen LogP contribution is -2.51. The van der Waals surface area contributed by atoms with E-state index >= 15 is 0 Å². The molecule has 2 aliphatic rings. The normalized spacial score (nSPS) is 18.8. The topological polar surface area (TPSA) is 67.2 Å². The largest absolute Gasteiger partial charge is 0.351 e. The van der Waals surface area contributed by atoms with E-state index in [2.05, 4.69) is 10.4 Å². The van der Waals surface area contributed by atoms with Crippen LogP contribution < -0.4 is 5.32 Å². The van der Waals surface area contributed by atoms with E-state index in [1.165, 1.54) is 12.8 Å². The second-order valence-corrected chi connectivity index (χ2v) is 9.96. The average molecular weight is 451 g/mol. The molecular formula is C27H38N4O2. The van der Waals surface area contributed by atoms with Crippen molar-refractivity contribution in [2.45, 2.75) is 102 Å². The molecule has 0 aliphatic heterocycles. The van der Waals surface area contributed by atoms with E-state index in [1.807, 2.05) is 60.0 Å². The molecule has 0 saturated heterocycles. The van der Waals surface area contributed by atoms with Crippen LogP contribution in [-0.2, 0) is 4.79 Å². The van der Waals surface area contributed by atoms with E-state index < -0.39 is 6.04 Å². The Morgan fingerprint density at radius 1 is 0.970 bits per heavy atom. The van der Waals surface area contributed by atoms with Crippen LogP contribution in [-0.4, -0.2) is 38.6 Å². The van der Waals surface area contributed by atoms with Crippen LogP contribution in [0.1, 0.15) is 106 Å². The van der Waals surface area contributed by atoms with Crippen molar-refractivity contribution in [1.29, 1.82) is 0 Å². The summed E-state index contributed by atoms with van der Waals surface area (Å²) >= 11 is 0. The molecule has 4 rings (SSSR count). The molecule has 1 aromatic carbocycles. The van der Waals surface area contributed by atoms with Crippen LogP contribution in [0.3, 0.4) is 0 Å². The second kappa shape index (κ2) is 11.0. The fourth-order valence-electron chi connectivity index (χ4n) is 5.33. The Hall–Kier alpha value is -2.63. The van der Waals surface area contributed by atoms with Gasteiger partial charge in [0.1, 0.15) is 6.04 Å². The molecule has 6 nitrogen and oxygen atoms in total. The number of rotatable bonds is 7. The predicted molar refractivity (Wildman–Crippen MR) is 130 cm³/mol. The van der Waals surface area contributed by atoms with Crippen molar-refractivity contribution in [2.24, 2.45) is 0 Å². The van der Waals surface area contributed by atoms with E-state index in [0.717, 1.165) is 56.9 Å². The van der Waals surface area contributed by atoms with Crippen LogP contribution >= 0.6 is 0 Å². The third-order valence-electron chi connectivity index (χ3n) is 7.17. The zero-order valence-corrected chi connectivity index (χ0v) is 20.1. The van der Waals surface area contributed by atoms with Crippen molar-refractivity contribution < 1.29 is 9.59 Å². The molecule has 2 fully saturated rings. The number of hydrogen-bond acceptors (Lipinski definition) is 3. The van der Waals surface area contributed by atoms with Gasteiger partial charge in [-0.15, -0.1) is 0 Å². The quantitative estimate of drug-likeness (QED) is 0.612. The maximum atomic E-state index is 14.0. The van der Waals surface area contributed by atoms with Crippen LogP contribution in [0.5, 0.6) is 0 Å². The summed E-state index contributed by atoms with van der Waals surface area (Å²) in [7, 11) is 0. The van der Waals surface area contributed by atoms with Gasteiger partial charge in [0.05, 0.1) is 11.8 Å². The number of amides is 2. The van der Waals surface area contributed by atoms with Crippen LogP contribution in [0, 0.1) is 0 Å². The number of carbonyl (C=O) groups is 2. The lowest BCUT2D eigenvalue weighted by molar-refractivity contribution is -0.127. The van der Waals surface area contributed by atoms with Gasteiger partial charge in [0.2, 0.25) is 5.91 Å². The third-order valence-corrected chi connectivity index (χ3v) is 7.17. The molecule has 2 saturated carbocycles. The zero-order valence-electron chi connectivity index (χ0n) is 20.1. The molecule has 2 amide bonds. The summed E-state index contributed by atoms with van der Waals surface area (Å²) in [5, 5.41) is 7.72. The molecule has 178 valence electrons. The molecule has 1 heterocycles. The third kappa shape index (κ3) is 5.66. The minimum Gasteiger partial charge on any atom is -0.351 e. The summed E-state index contributed by atoms with van der Waals surface area (Å²) in [6.07, 6.45) is 14.3. The van der Waals surface area contributed by atoms with Crippen molar-refractivity contribution in [3.8, 4) is 0 Å². The van der Waals surface area contributed by atoms with E-state index in [0.29, 0.717) is 5.56 Å². The standard InChI is InChI=1S/C27H38N4O2/c1-20(2)30-19-22(18-28-30)27(33)31(24-16-10-5-11-17-24)25(21-12-6-3-7-13-21)26(32)29-23-14-8-4-9-15-23/h3,6-7,12-13,18-20,23-25H,4-5,8-11,14-17H2,1-2H3,(H,29,32)/t25-/m0/s1. The summed E-state index contributed by atoms with van der Waals surface area (Å²) in [4.78, 5) is 29.7. The first-order valence-corrected chi connectivity index (χ1v) is 12.8. The average Bonchev–Trinajstić information content (AvgIpc) is 3.35. The van der Waals surface area contributed by atoms with E-state index in [-0.39, 0.29) is 29.9 Å². The first kappa shape index (κ1) is 23.5. The van der Waals surface area contributed by atoms with Crippen molar-refractivity contribution in [3.05, 3.63) is 53.9 Å². The summed E-state index contributed by atoms with van der Waals surface area (Å²) in [6.45, 7) is 4.09.